The number of nitro groups is 1. The molecule has 2 aromatic rings. The highest BCUT2D eigenvalue weighted by Gasteiger charge is 2.31. The van der Waals surface area contributed by atoms with Gasteiger partial charge in [0.2, 0.25) is 0 Å². The minimum Gasteiger partial charge on any atom is -0.381 e. The van der Waals surface area contributed by atoms with Crippen LogP contribution in [0.2, 0.25) is 0 Å². The lowest BCUT2D eigenvalue weighted by atomic mass is 10.0. The number of halogens is 1. The fourth-order valence-electron chi connectivity index (χ4n) is 2.30. The van der Waals surface area contributed by atoms with Crippen LogP contribution in [-0.4, -0.2) is 22.7 Å². The fourth-order valence-corrected chi connectivity index (χ4v) is 3.15. The van der Waals surface area contributed by atoms with Gasteiger partial charge in [-0.1, -0.05) is 36.4 Å². The smallest absolute Gasteiger partial charge is 0.265 e. The zero-order chi connectivity index (χ0) is 16.8. The van der Waals surface area contributed by atoms with E-state index in [0.29, 0.717) is 5.56 Å². The van der Waals surface area contributed by atoms with Gasteiger partial charge in [-0.25, -0.2) is 0 Å². The van der Waals surface area contributed by atoms with Gasteiger partial charge < -0.3 is 9.84 Å². The summed E-state index contributed by atoms with van der Waals surface area (Å²) in [6.45, 7) is 2.03. The van der Waals surface area contributed by atoms with Crippen molar-refractivity contribution in [2.24, 2.45) is 0 Å². The summed E-state index contributed by atoms with van der Waals surface area (Å²) in [7, 11) is 0. The fraction of sp³-hybridized carbons (Fsp3) is 0.294. The molecule has 1 N–H and O–H groups in total. The van der Waals surface area contributed by atoms with E-state index in [2.05, 4.69) is 22.6 Å². The van der Waals surface area contributed by atoms with E-state index in [1.54, 1.807) is 12.1 Å². The SMILES string of the molecule is Cc1cc(I)cc([C@@H](O)[C@H](COCc2ccccc2)[N+](=O)[O-])c1. The Bertz CT molecular complexity index is 643. The molecule has 2 atom stereocenters. The van der Waals surface area contributed by atoms with Gasteiger partial charge in [-0.3, -0.25) is 10.1 Å². The van der Waals surface area contributed by atoms with E-state index in [-0.39, 0.29) is 13.2 Å². The molecule has 0 fully saturated rings. The van der Waals surface area contributed by atoms with Crippen molar-refractivity contribution in [3.05, 3.63) is 78.9 Å². The van der Waals surface area contributed by atoms with E-state index in [1.807, 2.05) is 43.3 Å². The quantitative estimate of drug-likeness (QED) is 0.417. The van der Waals surface area contributed by atoms with E-state index >= 15 is 0 Å². The molecule has 0 amide bonds. The van der Waals surface area contributed by atoms with Crippen molar-refractivity contribution in [2.45, 2.75) is 25.7 Å². The first-order valence-corrected chi connectivity index (χ1v) is 8.25. The van der Waals surface area contributed by atoms with E-state index in [4.69, 9.17) is 4.74 Å². The maximum absolute atomic E-state index is 11.3. The lowest BCUT2D eigenvalue weighted by Gasteiger charge is -2.17. The van der Waals surface area contributed by atoms with Crippen LogP contribution in [0.4, 0.5) is 0 Å². The molecule has 0 saturated carbocycles. The standard InChI is InChI=1S/C17H18INO4/c1-12-7-14(9-15(18)8-12)17(20)16(19(21)22)11-23-10-13-5-3-2-4-6-13/h2-9,16-17,20H,10-11H2,1H3/t16-,17+/m0/s1. The molecule has 2 rings (SSSR count). The summed E-state index contributed by atoms with van der Waals surface area (Å²) in [5.41, 5.74) is 2.44. The molecule has 0 aliphatic rings. The van der Waals surface area contributed by atoms with Gasteiger partial charge in [-0.2, -0.15) is 0 Å². The molecule has 0 aliphatic heterocycles. The maximum atomic E-state index is 11.3. The van der Waals surface area contributed by atoms with Gasteiger partial charge in [0.25, 0.3) is 6.04 Å². The average Bonchev–Trinajstić information content (AvgIpc) is 2.50. The van der Waals surface area contributed by atoms with E-state index in [1.165, 1.54) is 0 Å². The summed E-state index contributed by atoms with van der Waals surface area (Å²) >= 11 is 2.13. The monoisotopic (exact) mass is 427 g/mol. The molecular formula is C17H18INO4. The Morgan fingerprint density at radius 1 is 1.26 bits per heavy atom. The van der Waals surface area contributed by atoms with Crippen LogP contribution in [0.25, 0.3) is 0 Å². The van der Waals surface area contributed by atoms with Crippen molar-refractivity contribution >= 4 is 22.6 Å². The van der Waals surface area contributed by atoms with Crippen LogP contribution >= 0.6 is 22.6 Å². The summed E-state index contributed by atoms with van der Waals surface area (Å²) in [4.78, 5) is 10.8. The Morgan fingerprint density at radius 3 is 2.57 bits per heavy atom. The second kappa shape index (κ2) is 8.37. The first-order chi connectivity index (χ1) is 11.0. The van der Waals surface area contributed by atoms with Gasteiger partial charge in [-0.15, -0.1) is 0 Å². The topological polar surface area (TPSA) is 72.6 Å². The Labute approximate surface area is 148 Å². The predicted molar refractivity (Wildman–Crippen MR) is 95.7 cm³/mol. The number of aliphatic hydroxyl groups is 1. The molecule has 0 saturated heterocycles. The third-order valence-corrected chi connectivity index (χ3v) is 4.06. The largest absolute Gasteiger partial charge is 0.381 e. The number of benzene rings is 2. The highest BCUT2D eigenvalue weighted by Crippen LogP contribution is 2.23. The molecule has 23 heavy (non-hydrogen) atoms. The first kappa shape index (κ1) is 17.8. The molecule has 5 nitrogen and oxygen atoms in total. The average molecular weight is 427 g/mol. The molecule has 0 heterocycles. The Balaban J connectivity index is 2.04. The minimum atomic E-state index is -1.20. The molecular weight excluding hydrogens is 409 g/mol. The molecule has 2 aromatic carbocycles. The lowest BCUT2D eigenvalue weighted by molar-refractivity contribution is -0.540. The van der Waals surface area contributed by atoms with Crippen molar-refractivity contribution in [3.8, 4) is 0 Å². The Kier molecular flexibility index (Phi) is 6.49. The van der Waals surface area contributed by atoms with Crippen molar-refractivity contribution in [2.75, 3.05) is 6.61 Å². The number of ether oxygens (including phenoxy) is 1. The van der Waals surface area contributed by atoms with Crippen LogP contribution in [0, 0.1) is 20.6 Å². The van der Waals surface area contributed by atoms with Crippen LogP contribution in [-0.2, 0) is 11.3 Å². The van der Waals surface area contributed by atoms with E-state index in [0.717, 1.165) is 14.7 Å². The van der Waals surface area contributed by atoms with Gasteiger partial charge in [0.15, 0.2) is 0 Å². The molecule has 0 aliphatic carbocycles. The minimum absolute atomic E-state index is 0.145. The highest BCUT2D eigenvalue weighted by atomic mass is 127. The Hall–Kier alpha value is -1.51. The van der Waals surface area contributed by atoms with Crippen LogP contribution in [0.5, 0.6) is 0 Å². The first-order valence-electron chi connectivity index (χ1n) is 7.17. The van der Waals surface area contributed by atoms with Crippen LogP contribution in [0.15, 0.2) is 48.5 Å². The normalized spacial score (nSPS) is 13.5. The van der Waals surface area contributed by atoms with Gasteiger partial charge in [0.1, 0.15) is 12.7 Å². The maximum Gasteiger partial charge on any atom is 0.265 e. The van der Waals surface area contributed by atoms with Crippen molar-refractivity contribution in [3.63, 3.8) is 0 Å². The zero-order valence-corrected chi connectivity index (χ0v) is 14.8. The zero-order valence-electron chi connectivity index (χ0n) is 12.7. The number of rotatable bonds is 7. The van der Waals surface area contributed by atoms with Crippen molar-refractivity contribution < 1.29 is 14.8 Å². The molecule has 122 valence electrons. The van der Waals surface area contributed by atoms with Crippen LogP contribution < -0.4 is 0 Å². The second-order valence-corrected chi connectivity index (χ2v) is 6.61. The number of aliphatic hydroxyl groups excluding tert-OH is 1. The van der Waals surface area contributed by atoms with Gasteiger partial charge >= 0.3 is 0 Å². The molecule has 0 unspecified atom stereocenters. The van der Waals surface area contributed by atoms with Gasteiger partial charge in [-0.05, 0) is 58.3 Å². The molecule has 0 bridgehead atoms. The Morgan fingerprint density at radius 2 is 1.96 bits per heavy atom. The van der Waals surface area contributed by atoms with E-state index in [9.17, 15) is 15.2 Å². The van der Waals surface area contributed by atoms with Crippen LogP contribution in [0.1, 0.15) is 22.8 Å². The molecule has 6 heteroatoms. The van der Waals surface area contributed by atoms with Gasteiger partial charge in [0.05, 0.1) is 6.61 Å². The number of nitrogens with zero attached hydrogens (tertiary/aromatic N) is 1. The predicted octanol–water partition coefficient (Wildman–Crippen LogP) is 3.50. The van der Waals surface area contributed by atoms with E-state index < -0.39 is 17.1 Å². The second-order valence-electron chi connectivity index (χ2n) is 5.36. The van der Waals surface area contributed by atoms with Crippen molar-refractivity contribution in [1.29, 1.82) is 0 Å². The lowest BCUT2D eigenvalue weighted by Crippen LogP contribution is -2.32. The summed E-state index contributed by atoms with van der Waals surface area (Å²) in [5.74, 6) is 0. The summed E-state index contributed by atoms with van der Waals surface area (Å²) < 4.78 is 6.38. The number of hydrogen-bond acceptors (Lipinski definition) is 4. The van der Waals surface area contributed by atoms with Crippen LogP contribution in [0.3, 0.4) is 0 Å². The number of hydrogen-bond donors (Lipinski definition) is 1. The van der Waals surface area contributed by atoms with Gasteiger partial charge in [0, 0.05) is 8.49 Å². The highest BCUT2D eigenvalue weighted by molar-refractivity contribution is 14.1. The summed E-state index contributed by atoms with van der Waals surface area (Å²) in [6, 6.07) is 13.7. The third kappa shape index (κ3) is 5.26. The molecule has 0 spiro atoms. The molecule has 0 radical (unpaired) electrons. The third-order valence-electron chi connectivity index (χ3n) is 3.44. The summed E-state index contributed by atoms with van der Waals surface area (Å²) in [5, 5.41) is 21.7. The number of aryl methyl sites for hydroxylation is 1. The van der Waals surface area contributed by atoms with Crippen molar-refractivity contribution in [1.82, 2.24) is 0 Å². The molecule has 0 aromatic heterocycles. The summed E-state index contributed by atoms with van der Waals surface area (Å²) in [6.07, 6.45) is -1.20.